The van der Waals surface area contributed by atoms with Crippen LogP contribution in [0.3, 0.4) is 0 Å². The predicted octanol–water partition coefficient (Wildman–Crippen LogP) is 3.98. The summed E-state index contributed by atoms with van der Waals surface area (Å²) in [5.74, 6) is 6.07. The molecule has 4 aliphatic rings. The molecule has 0 spiro atoms. The summed E-state index contributed by atoms with van der Waals surface area (Å²) < 4.78 is 0. The van der Waals surface area contributed by atoms with Crippen molar-refractivity contribution in [3.63, 3.8) is 0 Å². The Kier molecular flexibility index (Phi) is 3.90. The maximum atomic E-state index is 5.58. The van der Waals surface area contributed by atoms with E-state index in [9.17, 15) is 0 Å². The molecule has 1 unspecified atom stereocenters. The Morgan fingerprint density at radius 3 is 2.21 bits per heavy atom. The SMILES string of the molecule is C#CCC(CC12CC3CC(CC(C3)C1)C2)NCCC. The van der Waals surface area contributed by atoms with Crippen molar-refractivity contribution in [2.24, 2.45) is 23.2 Å². The van der Waals surface area contributed by atoms with Crippen molar-refractivity contribution in [1.82, 2.24) is 5.32 Å². The van der Waals surface area contributed by atoms with Crippen LogP contribution in [-0.4, -0.2) is 12.6 Å². The first-order chi connectivity index (χ1) is 9.23. The molecule has 4 fully saturated rings. The van der Waals surface area contributed by atoms with Gasteiger partial charge in [-0.25, -0.2) is 0 Å². The summed E-state index contributed by atoms with van der Waals surface area (Å²) >= 11 is 0. The first-order valence-electron chi connectivity index (χ1n) is 8.40. The third kappa shape index (κ3) is 2.84. The van der Waals surface area contributed by atoms with Crippen LogP contribution < -0.4 is 5.32 Å². The van der Waals surface area contributed by atoms with Gasteiger partial charge in [0.25, 0.3) is 0 Å². The van der Waals surface area contributed by atoms with E-state index in [1.54, 1.807) is 19.3 Å². The number of nitrogens with one attached hydrogen (secondary N) is 1. The molecule has 0 aliphatic heterocycles. The predicted molar refractivity (Wildman–Crippen MR) is 80.8 cm³/mol. The van der Waals surface area contributed by atoms with Crippen molar-refractivity contribution in [3.05, 3.63) is 0 Å². The van der Waals surface area contributed by atoms with Gasteiger partial charge in [-0.2, -0.15) is 0 Å². The lowest BCUT2D eigenvalue weighted by Gasteiger charge is -2.57. The fourth-order valence-corrected chi connectivity index (χ4v) is 5.77. The van der Waals surface area contributed by atoms with Gasteiger partial charge in [0, 0.05) is 12.5 Å². The Morgan fingerprint density at radius 2 is 1.74 bits per heavy atom. The van der Waals surface area contributed by atoms with Crippen LogP contribution in [-0.2, 0) is 0 Å². The van der Waals surface area contributed by atoms with E-state index < -0.39 is 0 Å². The Balaban J connectivity index is 1.65. The highest BCUT2D eigenvalue weighted by atomic mass is 14.9. The first kappa shape index (κ1) is 13.5. The summed E-state index contributed by atoms with van der Waals surface area (Å²) in [6.07, 6.45) is 18.2. The molecule has 1 atom stereocenters. The molecule has 1 heteroatoms. The van der Waals surface area contributed by atoms with Crippen molar-refractivity contribution in [2.45, 2.75) is 70.8 Å². The second-order valence-corrected chi connectivity index (χ2v) is 7.68. The molecule has 1 nitrogen and oxygen atoms in total. The second-order valence-electron chi connectivity index (χ2n) is 7.68. The van der Waals surface area contributed by atoms with Crippen LogP contribution in [0.15, 0.2) is 0 Å². The summed E-state index contributed by atoms with van der Waals surface area (Å²) in [5.41, 5.74) is 0.664. The largest absolute Gasteiger partial charge is 0.313 e. The molecular formula is C18H29N. The molecule has 4 saturated carbocycles. The van der Waals surface area contributed by atoms with E-state index in [4.69, 9.17) is 6.42 Å². The molecule has 19 heavy (non-hydrogen) atoms. The van der Waals surface area contributed by atoms with Crippen LogP contribution in [0.2, 0.25) is 0 Å². The van der Waals surface area contributed by atoms with Gasteiger partial charge in [0.05, 0.1) is 0 Å². The topological polar surface area (TPSA) is 12.0 Å². The van der Waals surface area contributed by atoms with E-state index >= 15 is 0 Å². The van der Waals surface area contributed by atoms with E-state index in [1.165, 1.54) is 32.1 Å². The van der Waals surface area contributed by atoms with Gasteiger partial charge < -0.3 is 5.32 Å². The van der Waals surface area contributed by atoms with Gasteiger partial charge in [-0.3, -0.25) is 0 Å². The van der Waals surface area contributed by atoms with Crippen molar-refractivity contribution in [1.29, 1.82) is 0 Å². The smallest absolute Gasteiger partial charge is 0.0240 e. The van der Waals surface area contributed by atoms with Crippen LogP contribution in [0.25, 0.3) is 0 Å². The molecule has 4 aliphatic carbocycles. The van der Waals surface area contributed by atoms with Crippen molar-refractivity contribution < 1.29 is 0 Å². The van der Waals surface area contributed by atoms with Gasteiger partial charge in [0.15, 0.2) is 0 Å². The van der Waals surface area contributed by atoms with Gasteiger partial charge >= 0.3 is 0 Å². The van der Waals surface area contributed by atoms with E-state index in [0.717, 1.165) is 30.7 Å². The minimum atomic E-state index is 0.571. The molecule has 0 aromatic rings. The van der Waals surface area contributed by atoms with Crippen LogP contribution >= 0.6 is 0 Å². The molecule has 0 saturated heterocycles. The molecule has 0 heterocycles. The highest BCUT2D eigenvalue weighted by Gasteiger charge is 2.51. The minimum Gasteiger partial charge on any atom is -0.313 e. The van der Waals surface area contributed by atoms with E-state index in [0.29, 0.717) is 11.5 Å². The van der Waals surface area contributed by atoms with Crippen molar-refractivity contribution >= 4 is 0 Å². The Hall–Kier alpha value is -0.480. The number of rotatable bonds is 6. The molecule has 106 valence electrons. The maximum absolute atomic E-state index is 5.58. The highest BCUT2D eigenvalue weighted by Crippen LogP contribution is 2.61. The van der Waals surface area contributed by atoms with E-state index in [-0.39, 0.29) is 0 Å². The molecule has 0 aromatic heterocycles. The summed E-state index contributed by atoms with van der Waals surface area (Å²) in [6, 6.07) is 0.571. The molecule has 4 bridgehead atoms. The van der Waals surface area contributed by atoms with Crippen LogP contribution in [0.1, 0.15) is 64.7 Å². The normalized spacial score (nSPS) is 41.2. The van der Waals surface area contributed by atoms with Gasteiger partial charge in [0.1, 0.15) is 0 Å². The Morgan fingerprint density at radius 1 is 1.16 bits per heavy atom. The fourth-order valence-electron chi connectivity index (χ4n) is 5.77. The summed E-state index contributed by atoms with van der Waals surface area (Å²) in [6.45, 7) is 3.36. The van der Waals surface area contributed by atoms with Gasteiger partial charge in [-0.1, -0.05) is 6.92 Å². The number of terminal acetylenes is 1. The van der Waals surface area contributed by atoms with Crippen LogP contribution in [0.5, 0.6) is 0 Å². The molecular weight excluding hydrogens is 230 g/mol. The number of hydrogen-bond donors (Lipinski definition) is 1. The van der Waals surface area contributed by atoms with Gasteiger partial charge in [-0.15, -0.1) is 12.3 Å². The Labute approximate surface area is 118 Å². The summed E-state index contributed by atoms with van der Waals surface area (Å²) in [7, 11) is 0. The molecule has 0 radical (unpaired) electrons. The van der Waals surface area contributed by atoms with Crippen LogP contribution in [0.4, 0.5) is 0 Å². The lowest BCUT2D eigenvalue weighted by atomic mass is 9.48. The fraction of sp³-hybridized carbons (Fsp3) is 0.889. The molecule has 0 aromatic carbocycles. The summed E-state index contributed by atoms with van der Waals surface area (Å²) in [5, 5.41) is 3.70. The second kappa shape index (κ2) is 5.49. The standard InChI is InChI=1S/C18H29N/c1-3-5-17(19-6-4-2)13-18-10-14-7-15(11-18)9-16(8-14)12-18/h1,14-17,19H,4-13H2,2H3. The van der Waals surface area contributed by atoms with Crippen LogP contribution in [0, 0.1) is 35.5 Å². The zero-order chi connectivity index (χ0) is 13.3. The lowest BCUT2D eigenvalue weighted by molar-refractivity contribution is -0.0617. The molecule has 4 rings (SSSR count). The maximum Gasteiger partial charge on any atom is 0.0240 e. The molecule has 0 amide bonds. The monoisotopic (exact) mass is 259 g/mol. The average molecular weight is 259 g/mol. The quantitative estimate of drug-likeness (QED) is 0.711. The molecule has 1 N–H and O–H groups in total. The van der Waals surface area contributed by atoms with Gasteiger partial charge in [0.2, 0.25) is 0 Å². The average Bonchev–Trinajstić information content (AvgIpc) is 2.34. The third-order valence-electron chi connectivity index (χ3n) is 5.89. The zero-order valence-electron chi connectivity index (χ0n) is 12.5. The van der Waals surface area contributed by atoms with Crippen molar-refractivity contribution in [3.8, 4) is 12.3 Å². The first-order valence-corrected chi connectivity index (χ1v) is 8.40. The van der Waals surface area contributed by atoms with Gasteiger partial charge in [-0.05, 0) is 81.1 Å². The number of hydrogen-bond acceptors (Lipinski definition) is 1. The van der Waals surface area contributed by atoms with E-state index in [1.807, 2.05) is 0 Å². The highest BCUT2D eigenvalue weighted by molar-refractivity contribution is 5.03. The van der Waals surface area contributed by atoms with Crippen molar-refractivity contribution in [2.75, 3.05) is 6.54 Å². The Bertz CT molecular complexity index is 316. The third-order valence-corrected chi connectivity index (χ3v) is 5.89. The van der Waals surface area contributed by atoms with E-state index in [2.05, 4.69) is 18.2 Å². The summed E-state index contributed by atoms with van der Waals surface area (Å²) in [4.78, 5) is 0. The zero-order valence-corrected chi connectivity index (χ0v) is 12.5. The minimum absolute atomic E-state index is 0.571. The lowest BCUT2D eigenvalue weighted by Crippen LogP contribution is -2.49.